The number of amides is 3. The molecule has 0 aliphatic heterocycles. The van der Waals surface area contributed by atoms with E-state index in [1.54, 1.807) is 24.3 Å². The van der Waals surface area contributed by atoms with Gasteiger partial charge in [-0.2, -0.15) is 0 Å². The summed E-state index contributed by atoms with van der Waals surface area (Å²) in [4.78, 5) is 35.7. The van der Waals surface area contributed by atoms with E-state index >= 15 is 0 Å². The van der Waals surface area contributed by atoms with Crippen molar-refractivity contribution in [2.75, 3.05) is 29.9 Å². The summed E-state index contributed by atoms with van der Waals surface area (Å²) < 4.78 is 1.35. The summed E-state index contributed by atoms with van der Waals surface area (Å²) in [5.74, 6) is 0.0470. The normalized spacial score (nSPS) is 10.4. The maximum atomic E-state index is 12.2. The van der Waals surface area contributed by atoms with Gasteiger partial charge in [-0.3, -0.25) is 14.4 Å². The molecule has 2 rings (SSSR count). The number of benzene rings is 1. The highest BCUT2D eigenvalue weighted by Crippen LogP contribution is 2.28. The van der Waals surface area contributed by atoms with Crippen LogP contribution in [0.2, 0.25) is 0 Å². The summed E-state index contributed by atoms with van der Waals surface area (Å²) >= 11 is 3.95. The minimum atomic E-state index is -0.202. The van der Waals surface area contributed by atoms with Crippen LogP contribution < -0.4 is 16.0 Å². The van der Waals surface area contributed by atoms with E-state index in [1.807, 2.05) is 13.8 Å². The number of carbonyl (C=O) groups excluding carboxylic acids is 3. The lowest BCUT2D eigenvalue weighted by Crippen LogP contribution is -2.25. The van der Waals surface area contributed by atoms with Gasteiger partial charge < -0.3 is 16.0 Å². The van der Waals surface area contributed by atoms with Gasteiger partial charge in [0.05, 0.1) is 11.5 Å². The van der Waals surface area contributed by atoms with Crippen LogP contribution in [-0.4, -0.2) is 52.5 Å². The topological polar surface area (TPSA) is 113 Å². The second-order valence-corrected chi connectivity index (χ2v) is 9.17. The summed E-state index contributed by atoms with van der Waals surface area (Å²) in [6.45, 7) is 5.05. The van der Waals surface area contributed by atoms with Crippen molar-refractivity contribution < 1.29 is 14.4 Å². The molecule has 0 atom stereocenters. The Bertz CT molecular complexity index is 844. The van der Waals surface area contributed by atoms with Gasteiger partial charge in [0, 0.05) is 24.3 Å². The van der Waals surface area contributed by atoms with Gasteiger partial charge in [0.2, 0.25) is 11.8 Å². The minimum Gasteiger partial charge on any atom is -0.355 e. The van der Waals surface area contributed by atoms with Crippen LogP contribution in [0.25, 0.3) is 0 Å². The maximum Gasteiger partial charge on any atom is 0.251 e. The van der Waals surface area contributed by atoms with Gasteiger partial charge in [-0.15, -0.1) is 10.2 Å². The van der Waals surface area contributed by atoms with Gasteiger partial charge in [0.25, 0.3) is 5.91 Å². The van der Waals surface area contributed by atoms with Crippen molar-refractivity contribution in [1.82, 2.24) is 20.8 Å². The standard InChI is InChI=1S/C18H23N5O3S3/c1-3-8-20-14(24)10-27-17-22-23-18(29-17)28-11-15(25)21-13-7-5-6-12(9-13)16(26)19-4-2/h5-7,9H,3-4,8,10-11H2,1-2H3,(H,19,26)(H,20,24)(H,21,25). The number of anilines is 1. The molecule has 2 aromatic rings. The van der Waals surface area contributed by atoms with Crippen molar-refractivity contribution in [1.29, 1.82) is 0 Å². The molecule has 29 heavy (non-hydrogen) atoms. The first-order valence-electron chi connectivity index (χ1n) is 9.05. The minimum absolute atomic E-state index is 0.0320. The van der Waals surface area contributed by atoms with E-state index in [4.69, 9.17) is 0 Å². The highest BCUT2D eigenvalue weighted by molar-refractivity contribution is 8.03. The average Bonchev–Trinajstić information content (AvgIpc) is 3.17. The molecule has 3 amide bonds. The van der Waals surface area contributed by atoms with E-state index in [9.17, 15) is 14.4 Å². The van der Waals surface area contributed by atoms with Crippen LogP contribution in [0.3, 0.4) is 0 Å². The first-order chi connectivity index (χ1) is 14.0. The Morgan fingerprint density at radius 1 is 1.00 bits per heavy atom. The van der Waals surface area contributed by atoms with E-state index in [-0.39, 0.29) is 23.5 Å². The molecule has 8 nitrogen and oxygen atoms in total. The number of nitrogens with one attached hydrogen (secondary N) is 3. The van der Waals surface area contributed by atoms with Crippen LogP contribution in [0.1, 0.15) is 30.6 Å². The summed E-state index contributed by atoms with van der Waals surface area (Å²) in [5.41, 5.74) is 1.05. The summed E-state index contributed by atoms with van der Waals surface area (Å²) in [6.07, 6.45) is 0.897. The van der Waals surface area contributed by atoms with Gasteiger partial charge in [0.15, 0.2) is 8.68 Å². The van der Waals surface area contributed by atoms with Gasteiger partial charge in [0.1, 0.15) is 0 Å². The Hall–Kier alpha value is -2.11. The molecule has 0 unspecified atom stereocenters. The fourth-order valence-electron chi connectivity index (χ4n) is 2.08. The maximum absolute atomic E-state index is 12.2. The predicted molar refractivity (Wildman–Crippen MR) is 118 cm³/mol. The molecule has 0 bridgehead atoms. The van der Waals surface area contributed by atoms with Crippen LogP contribution in [-0.2, 0) is 9.59 Å². The second-order valence-electron chi connectivity index (χ2n) is 5.75. The highest BCUT2D eigenvalue weighted by atomic mass is 32.2. The van der Waals surface area contributed by atoms with Crippen LogP contribution in [0.15, 0.2) is 32.9 Å². The summed E-state index contributed by atoms with van der Waals surface area (Å²) in [7, 11) is 0. The highest BCUT2D eigenvalue weighted by Gasteiger charge is 2.11. The molecule has 1 aromatic carbocycles. The number of carbonyl (C=O) groups is 3. The fraction of sp³-hybridized carbons (Fsp3) is 0.389. The Balaban J connectivity index is 1.78. The number of thioether (sulfide) groups is 2. The molecular formula is C18H23N5O3S3. The predicted octanol–water partition coefficient (Wildman–Crippen LogP) is 2.64. The largest absolute Gasteiger partial charge is 0.355 e. The molecule has 0 aliphatic carbocycles. The molecule has 0 saturated carbocycles. The summed E-state index contributed by atoms with van der Waals surface area (Å²) in [5, 5.41) is 16.4. The van der Waals surface area contributed by atoms with Crippen molar-refractivity contribution in [2.24, 2.45) is 0 Å². The molecule has 156 valence electrons. The molecule has 1 heterocycles. The molecular weight excluding hydrogens is 430 g/mol. The van der Waals surface area contributed by atoms with Crippen molar-refractivity contribution in [3.63, 3.8) is 0 Å². The first-order valence-corrected chi connectivity index (χ1v) is 11.8. The summed E-state index contributed by atoms with van der Waals surface area (Å²) in [6, 6.07) is 6.78. The van der Waals surface area contributed by atoms with Crippen LogP contribution in [0.5, 0.6) is 0 Å². The van der Waals surface area contributed by atoms with E-state index < -0.39 is 0 Å². The van der Waals surface area contributed by atoms with Gasteiger partial charge in [-0.25, -0.2) is 0 Å². The number of rotatable bonds is 11. The number of nitrogens with zero attached hydrogens (tertiary/aromatic N) is 2. The number of aromatic nitrogens is 2. The molecule has 0 saturated heterocycles. The zero-order valence-electron chi connectivity index (χ0n) is 16.2. The van der Waals surface area contributed by atoms with Crippen molar-refractivity contribution in [3.8, 4) is 0 Å². The van der Waals surface area contributed by atoms with E-state index in [0.717, 1.165) is 6.42 Å². The Kier molecular flexibility index (Phi) is 9.95. The molecule has 0 fully saturated rings. The van der Waals surface area contributed by atoms with E-state index in [2.05, 4.69) is 26.1 Å². The number of hydrogen-bond acceptors (Lipinski definition) is 8. The Labute approximate surface area is 182 Å². The fourth-order valence-corrected chi connectivity index (χ4v) is 4.73. The third kappa shape index (κ3) is 8.42. The van der Waals surface area contributed by atoms with Crippen molar-refractivity contribution in [2.45, 2.75) is 28.9 Å². The Morgan fingerprint density at radius 3 is 2.34 bits per heavy atom. The average molecular weight is 454 g/mol. The third-order valence-electron chi connectivity index (χ3n) is 3.36. The number of hydrogen-bond donors (Lipinski definition) is 3. The van der Waals surface area contributed by atoms with Crippen LogP contribution in [0, 0.1) is 0 Å². The lowest BCUT2D eigenvalue weighted by atomic mass is 10.2. The van der Waals surface area contributed by atoms with Gasteiger partial charge in [-0.05, 0) is 31.5 Å². The Morgan fingerprint density at radius 2 is 1.69 bits per heavy atom. The quantitative estimate of drug-likeness (QED) is 0.448. The van der Waals surface area contributed by atoms with Crippen LogP contribution in [0.4, 0.5) is 5.69 Å². The van der Waals surface area contributed by atoms with E-state index in [1.165, 1.54) is 34.9 Å². The van der Waals surface area contributed by atoms with Gasteiger partial charge >= 0.3 is 0 Å². The molecule has 0 spiro atoms. The first kappa shape index (κ1) is 23.2. The third-order valence-corrected chi connectivity index (χ3v) is 6.55. The molecule has 1 aromatic heterocycles. The smallest absolute Gasteiger partial charge is 0.251 e. The molecule has 0 aliphatic rings. The monoisotopic (exact) mass is 453 g/mol. The zero-order valence-corrected chi connectivity index (χ0v) is 18.6. The molecule has 3 N–H and O–H groups in total. The second kappa shape index (κ2) is 12.5. The van der Waals surface area contributed by atoms with E-state index in [0.29, 0.717) is 38.8 Å². The van der Waals surface area contributed by atoms with Crippen LogP contribution >= 0.6 is 34.9 Å². The SMILES string of the molecule is CCCNC(=O)CSc1nnc(SCC(=O)Nc2cccc(C(=O)NCC)c2)s1. The lowest BCUT2D eigenvalue weighted by Gasteiger charge is -2.07. The van der Waals surface area contributed by atoms with Crippen molar-refractivity contribution in [3.05, 3.63) is 29.8 Å². The van der Waals surface area contributed by atoms with Crippen molar-refractivity contribution >= 4 is 58.3 Å². The lowest BCUT2D eigenvalue weighted by molar-refractivity contribution is -0.118. The molecule has 0 radical (unpaired) electrons. The molecule has 11 heteroatoms. The van der Waals surface area contributed by atoms with Gasteiger partial charge in [-0.1, -0.05) is 47.9 Å². The zero-order chi connectivity index (χ0) is 21.1.